The summed E-state index contributed by atoms with van der Waals surface area (Å²) >= 11 is 13.5. The van der Waals surface area contributed by atoms with Crippen molar-refractivity contribution in [3.8, 4) is 11.5 Å². The molecule has 1 aliphatic heterocycles. The number of methoxy groups -OCH3 is 1. The predicted octanol–water partition coefficient (Wildman–Crippen LogP) is 5.75. The van der Waals surface area contributed by atoms with E-state index in [4.69, 9.17) is 32.7 Å². The number of amidine groups is 1. The molecule has 1 saturated heterocycles. The molecule has 174 valence electrons. The summed E-state index contributed by atoms with van der Waals surface area (Å²) in [6.45, 7) is 0.442. The second kappa shape index (κ2) is 11.4. The Labute approximate surface area is 212 Å². The first-order valence-corrected chi connectivity index (χ1v) is 12.0. The third kappa shape index (κ3) is 6.32. The minimum absolute atomic E-state index is 0.133. The fourth-order valence-electron chi connectivity index (χ4n) is 3.24. The summed E-state index contributed by atoms with van der Waals surface area (Å²) in [7, 11) is 1.59. The molecule has 0 aliphatic carbocycles. The Morgan fingerprint density at radius 2 is 1.88 bits per heavy atom. The highest BCUT2D eigenvalue weighted by Gasteiger charge is 2.31. The monoisotopic (exact) mass is 513 g/mol. The van der Waals surface area contributed by atoms with Crippen LogP contribution >= 0.6 is 35.0 Å². The van der Waals surface area contributed by atoms with Crippen molar-refractivity contribution in [2.24, 2.45) is 10.2 Å². The van der Waals surface area contributed by atoms with Gasteiger partial charge in [0.1, 0.15) is 6.61 Å². The van der Waals surface area contributed by atoms with Crippen LogP contribution in [0, 0.1) is 0 Å². The fourth-order valence-corrected chi connectivity index (χ4v) is 4.68. The number of hydrogen-bond acceptors (Lipinski definition) is 6. The van der Waals surface area contributed by atoms with Crippen molar-refractivity contribution in [1.29, 1.82) is 0 Å². The van der Waals surface area contributed by atoms with Crippen molar-refractivity contribution in [3.05, 3.63) is 93.5 Å². The Morgan fingerprint density at radius 3 is 2.65 bits per heavy atom. The number of benzene rings is 3. The minimum atomic E-state index is -0.339. The van der Waals surface area contributed by atoms with E-state index in [0.717, 1.165) is 16.7 Å². The predicted molar refractivity (Wildman–Crippen MR) is 138 cm³/mol. The number of thioether (sulfide) groups is 1. The Morgan fingerprint density at radius 1 is 1.06 bits per heavy atom. The van der Waals surface area contributed by atoms with Gasteiger partial charge in [-0.3, -0.25) is 4.79 Å². The highest BCUT2D eigenvalue weighted by molar-refractivity contribution is 8.15. The number of amides is 1. The van der Waals surface area contributed by atoms with Crippen LogP contribution in [-0.4, -0.2) is 29.6 Å². The quantitative estimate of drug-likeness (QED) is 0.307. The molecule has 9 heteroatoms. The molecule has 1 fully saturated rings. The van der Waals surface area contributed by atoms with Crippen LogP contribution in [0.5, 0.6) is 11.5 Å². The fraction of sp³-hybridized carbons (Fsp3) is 0.160. The Hall–Kier alpha value is -3.00. The summed E-state index contributed by atoms with van der Waals surface area (Å²) in [6, 6.07) is 20.7. The molecule has 0 saturated carbocycles. The SMILES string of the molecule is COc1cc(/C=N/N=C2\NC(=O)C(Cc3ccc(Cl)cc3Cl)S2)ccc1OCc1ccccc1. The molecule has 1 amide bonds. The molecule has 1 N–H and O–H groups in total. The molecule has 1 aliphatic rings. The lowest BCUT2D eigenvalue weighted by Crippen LogP contribution is -2.26. The summed E-state index contributed by atoms with van der Waals surface area (Å²) < 4.78 is 11.3. The third-order valence-electron chi connectivity index (χ3n) is 4.98. The molecule has 0 spiro atoms. The molecule has 4 rings (SSSR count). The zero-order chi connectivity index (χ0) is 23.9. The molecule has 1 heterocycles. The number of halogens is 2. The van der Waals surface area contributed by atoms with E-state index in [0.29, 0.717) is 39.7 Å². The van der Waals surface area contributed by atoms with E-state index in [2.05, 4.69) is 15.5 Å². The normalized spacial score (nSPS) is 16.7. The number of ether oxygens (including phenoxy) is 2. The van der Waals surface area contributed by atoms with Crippen LogP contribution in [-0.2, 0) is 17.8 Å². The first-order chi connectivity index (χ1) is 16.5. The number of nitrogens with zero attached hydrogens (tertiary/aromatic N) is 2. The molecular weight excluding hydrogens is 493 g/mol. The standard InChI is InChI=1S/C25H21Cl2N3O3S/c1-32-22-11-17(7-10-21(22)33-15-16-5-3-2-4-6-16)14-28-30-25-29-24(31)23(34-25)12-18-8-9-19(26)13-20(18)27/h2-11,13-14,23H,12,15H2,1H3,(H,29,30,31)/b28-14+. The van der Waals surface area contributed by atoms with E-state index in [1.807, 2.05) is 54.6 Å². The molecule has 0 bridgehead atoms. The number of carbonyl (C=O) groups is 1. The molecule has 34 heavy (non-hydrogen) atoms. The number of carbonyl (C=O) groups excluding carboxylic acids is 1. The van der Waals surface area contributed by atoms with Gasteiger partial charge < -0.3 is 14.8 Å². The molecule has 1 unspecified atom stereocenters. The smallest absolute Gasteiger partial charge is 0.239 e. The highest BCUT2D eigenvalue weighted by Crippen LogP contribution is 2.29. The number of nitrogens with one attached hydrogen (secondary N) is 1. The lowest BCUT2D eigenvalue weighted by molar-refractivity contribution is -0.118. The van der Waals surface area contributed by atoms with Crippen LogP contribution in [0.2, 0.25) is 10.0 Å². The van der Waals surface area contributed by atoms with Gasteiger partial charge in [0.2, 0.25) is 5.91 Å². The van der Waals surface area contributed by atoms with Crippen molar-refractivity contribution in [2.75, 3.05) is 7.11 Å². The maximum Gasteiger partial charge on any atom is 0.239 e. The van der Waals surface area contributed by atoms with Gasteiger partial charge in [-0.15, -0.1) is 5.10 Å². The van der Waals surface area contributed by atoms with E-state index in [1.54, 1.807) is 25.5 Å². The summed E-state index contributed by atoms with van der Waals surface area (Å²) in [5.74, 6) is 1.10. The van der Waals surface area contributed by atoms with E-state index < -0.39 is 0 Å². The Bertz CT molecular complexity index is 1240. The van der Waals surface area contributed by atoms with Gasteiger partial charge in [-0.05, 0) is 53.4 Å². The summed E-state index contributed by atoms with van der Waals surface area (Å²) in [5, 5.41) is 12.2. The highest BCUT2D eigenvalue weighted by atomic mass is 35.5. The van der Waals surface area contributed by atoms with Crippen LogP contribution in [0.1, 0.15) is 16.7 Å². The zero-order valence-corrected chi connectivity index (χ0v) is 20.5. The number of rotatable bonds is 8. The maximum absolute atomic E-state index is 12.3. The second-order valence-corrected chi connectivity index (χ2v) is 9.40. The van der Waals surface area contributed by atoms with Gasteiger partial charge in [0.05, 0.1) is 18.6 Å². The zero-order valence-electron chi connectivity index (χ0n) is 18.2. The van der Waals surface area contributed by atoms with Crippen molar-refractivity contribution >= 4 is 52.3 Å². The average Bonchev–Trinajstić information content (AvgIpc) is 3.19. The lowest BCUT2D eigenvalue weighted by Gasteiger charge is -2.11. The van der Waals surface area contributed by atoms with Crippen LogP contribution in [0.25, 0.3) is 0 Å². The van der Waals surface area contributed by atoms with Gasteiger partial charge in [-0.1, -0.05) is 71.4 Å². The molecule has 3 aromatic rings. The topological polar surface area (TPSA) is 72.3 Å². The van der Waals surface area contributed by atoms with Gasteiger partial charge in [0.15, 0.2) is 16.7 Å². The van der Waals surface area contributed by atoms with E-state index in [-0.39, 0.29) is 11.2 Å². The van der Waals surface area contributed by atoms with Gasteiger partial charge in [0.25, 0.3) is 0 Å². The molecule has 0 radical (unpaired) electrons. The Balaban J connectivity index is 1.37. The van der Waals surface area contributed by atoms with Crippen LogP contribution in [0.15, 0.2) is 76.9 Å². The maximum atomic E-state index is 12.3. The molecule has 3 aromatic carbocycles. The van der Waals surface area contributed by atoms with E-state index in [9.17, 15) is 4.79 Å². The largest absolute Gasteiger partial charge is 0.493 e. The van der Waals surface area contributed by atoms with Crippen LogP contribution in [0.4, 0.5) is 0 Å². The van der Waals surface area contributed by atoms with Crippen LogP contribution in [0.3, 0.4) is 0 Å². The first-order valence-electron chi connectivity index (χ1n) is 10.4. The van der Waals surface area contributed by atoms with Gasteiger partial charge in [0, 0.05) is 10.0 Å². The van der Waals surface area contributed by atoms with Crippen molar-refractivity contribution in [2.45, 2.75) is 18.3 Å². The molecule has 0 aromatic heterocycles. The minimum Gasteiger partial charge on any atom is -0.493 e. The van der Waals surface area contributed by atoms with Crippen LogP contribution < -0.4 is 14.8 Å². The van der Waals surface area contributed by atoms with E-state index in [1.165, 1.54) is 11.8 Å². The third-order valence-corrected chi connectivity index (χ3v) is 6.64. The number of hydrogen-bond donors (Lipinski definition) is 1. The van der Waals surface area contributed by atoms with Gasteiger partial charge in [-0.25, -0.2) is 0 Å². The Kier molecular flexibility index (Phi) is 8.11. The molecule has 6 nitrogen and oxygen atoms in total. The van der Waals surface area contributed by atoms with E-state index >= 15 is 0 Å². The first kappa shape index (κ1) is 24.1. The van der Waals surface area contributed by atoms with Crippen molar-refractivity contribution < 1.29 is 14.3 Å². The summed E-state index contributed by atoms with van der Waals surface area (Å²) in [4.78, 5) is 12.3. The van der Waals surface area contributed by atoms with Crippen molar-refractivity contribution in [3.63, 3.8) is 0 Å². The second-order valence-electron chi connectivity index (χ2n) is 7.37. The lowest BCUT2D eigenvalue weighted by atomic mass is 10.1. The summed E-state index contributed by atoms with van der Waals surface area (Å²) in [6.07, 6.45) is 2.06. The molecule has 1 atom stereocenters. The average molecular weight is 514 g/mol. The van der Waals surface area contributed by atoms with Gasteiger partial charge in [-0.2, -0.15) is 5.10 Å². The summed E-state index contributed by atoms with van der Waals surface area (Å²) in [5.41, 5.74) is 2.70. The van der Waals surface area contributed by atoms with Crippen molar-refractivity contribution in [1.82, 2.24) is 5.32 Å². The van der Waals surface area contributed by atoms with Gasteiger partial charge >= 0.3 is 0 Å². The molecular formula is C25H21Cl2N3O3S.